The lowest BCUT2D eigenvalue weighted by Crippen LogP contribution is -2.41. The highest BCUT2D eigenvalue weighted by molar-refractivity contribution is 5.97. The molecule has 2 aliphatic heterocycles. The molecule has 0 unspecified atom stereocenters. The number of rotatable bonds is 2. The van der Waals surface area contributed by atoms with Crippen LogP contribution in [0.5, 0.6) is 11.5 Å². The summed E-state index contributed by atoms with van der Waals surface area (Å²) >= 11 is 0. The van der Waals surface area contributed by atoms with Gasteiger partial charge in [-0.3, -0.25) is 4.79 Å². The van der Waals surface area contributed by atoms with Crippen molar-refractivity contribution in [2.75, 3.05) is 26.9 Å². The molecule has 6 nitrogen and oxygen atoms in total. The average molecular weight is 305 g/mol. The Kier molecular flexibility index (Phi) is 4.18. The van der Waals surface area contributed by atoms with Gasteiger partial charge in [0, 0.05) is 18.5 Å². The van der Waals surface area contributed by atoms with Crippen LogP contribution in [0.2, 0.25) is 0 Å². The second kappa shape index (κ2) is 6.25. The molecule has 0 radical (unpaired) electrons. The summed E-state index contributed by atoms with van der Waals surface area (Å²) in [6.45, 7) is 1.74. The van der Waals surface area contributed by atoms with Gasteiger partial charge in [-0.25, -0.2) is 4.79 Å². The van der Waals surface area contributed by atoms with Gasteiger partial charge in [0.05, 0.1) is 20.3 Å². The van der Waals surface area contributed by atoms with E-state index in [0.29, 0.717) is 43.2 Å². The van der Waals surface area contributed by atoms with E-state index in [0.717, 1.165) is 12.8 Å². The highest BCUT2D eigenvalue weighted by Gasteiger charge is 2.35. The van der Waals surface area contributed by atoms with Crippen molar-refractivity contribution < 1.29 is 23.8 Å². The molecule has 1 amide bonds. The molecule has 1 atom stereocenters. The molecular weight excluding hydrogens is 286 g/mol. The predicted octanol–water partition coefficient (Wildman–Crippen LogP) is 1.63. The monoisotopic (exact) mass is 305 g/mol. The third-order valence-corrected chi connectivity index (χ3v) is 3.98. The molecule has 0 aliphatic carbocycles. The summed E-state index contributed by atoms with van der Waals surface area (Å²) in [4.78, 5) is 26.0. The minimum atomic E-state index is -0.492. The lowest BCUT2D eigenvalue weighted by atomic mass is 10.1. The number of benzene rings is 1. The Bertz CT molecular complexity index is 586. The quantitative estimate of drug-likeness (QED) is 0.777. The Morgan fingerprint density at radius 2 is 1.95 bits per heavy atom. The molecule has 0 aromatic heterocycles. The molecule has 1 aromatic carbocycles. The summed E-state index contributed by atoms with van der Waals surface area (Å²) in [6, 6.07) is 4.66. The number of carbonyl (C=O) groups is 2. The Labute approximate surface area is 128 Å². The molecule has 3 rings (SSSR count). The molecular formula is C16H19NO5. The zero-order chi connectivity index (χ0) is 15.5. The van der Waals surface area contributed by atoms with Crippen LogP contribution in [0.15, 0.2) is 18.2 Å². The van der Waals surface area contributed by atoms with Crippen molar-refractivity contribution in [3.63, 3.8) is 0 Å². The number of methoxy groups -OCH3 is 1. The van der Waals surface area contributed by atoms with E-state index in [1.165, 1.54) is 7.11 Å². The van der Waals surface area contributed by atoms with E-state index in [1.54, 1.807) is 23.1 Å². The van der Waals surface area contributed by atoms with Crippen molar-refractivity contribution in [1.29, 1.82) is 0 Å². The molecule has 2 aliphatic rings. The first kappa shape index (κ1) is 14.7. The fraction of sp³-hybridized carbons (Fsp3) is 0.500. The highest BCUT2D eigenvalue weighted by Crippen LogP contribution is 2.31. The lowest BCUT2D eigenvalue weighted by Gasteiger charge is -2.23. The molecule has 6 heteroatoms. The van der Waals surface area contributed by atoms with Crippen LogP contribution >= 0.6 is 0 Å². The van der Waals surface area contributed by atoms with Gasteiger partial charge >= 0.3 is 5.97 Å². The maximum atomic E-state index is 12.7. The van der Waals surface area contributed by atoms with Gasteiger partial charge in [0.25, 0.3) is 5.91 Å². The van der Waals surface area contributed by atoms with E-state index in [1.807, 2.05) is 0 Å². The van der Waals surface area contributed by atoms with Crippen LogP contribution in [-0.4, -0.2) is 49.7 Å². The van der Waals surface area contributed by atoms with Gasteiger partial charge in [-0.2, -0.15) is 0 Å². The Morgan fingerprint density at radius 1 is 1.18 bits per heavy atom. The number of amides is 1. The molecule has 118 valence electrons. The van der Waals surface area contributed by atoms with Gasteiger partial charge in [0.2, 0.25) is 0 Å². The standard InChI is InChI=1S/C16H19NO5/c1-20-16(19)12-4-2-7-17(12)15(18)11-5-6-13-14(10-11)22-9-3-8-21-13/h5-6,10,12H,2-4,7-9H2,1H3/t12-/m1/s1. The van der Waals surface area contributed by atoms with Crippen LogP contribution in [0.4, 0.5) is 0 Å². The van der Waals surface area contributed by atoms with Crippen LogP contribution < -0.4 is 9.47 Å². The molecule has 0 bridgehead atoms. The van der Waals surface area contributed by atoms with Crippen LogP contribution in [0.25, 0.3) is 0 Å². The number of fused-ring (bicyclic) bond motifs is 1. The van der Waals surface area contributed by atoms with Crippen molar-refractivity contribution in [1.82, 2.24) is 4.90 Å². The summed E-state index contributed by atoms with van der Waals surface area (Å²) in [5.41, 5.74) is 0.500. The number of ether oxygens (including phenoxy) is 3. The van der Waals surface area contributed by atoms with E-state index in [9.17, 15) is 9.59 Å². The second-order valence-corrected chi connectivity index (χ2v) is 5.39. The maximum absolute atomic E-state index is 12.7. The largest absolute Gasteiger partial charge is 0.490 e. The summed E-state index contributed by atoms with van der Waals surface area (Å²) < 4.78 is 16.0. The third kappa shape index (κ3) is 2.73. The average Bonchev–Trinajstić information content (AvgIpc) is 2.91. The number of hydrogen-bond acceptors (Lipinski definition) is 5. The second-order valence-electron chi connectivity index (χ2n) is 5.39. The fourth-order valence-electron chi connectivity index (χ4n) is 2.85. The summed E-state index contributed by atoms with van der Waals surface area (Å²) in [5.74, 6) is 0.695. The Balaban J connectivity index is 1.83. The molecule has 22 heavy (non-hydrogen) atoms. The van der Waals surface area contributed by atoms with Crippen LogP contribution in [-0.2, 0) is 9.53 Å². The SMILES string of the molecule is COC(=O)[C@H]1CCCN1C(=O)c1ccc2c(c1)OCCCO2. The smallest absolute Gasteiger partial charge is 0.328 e. The normalized spacial score (nSPS) is 20.4. The zero-order valence-electron chi connectivity index (χ0n) is 12.5. The van der Waals surface area contributed by atoms with Gasteiger partial charge in [-0.05, 0) is 31.0 Å². The maximum Gasteiger partial charge on any atom is 0.328 e. The Morgan fingerprint density at radius 3 is 2.73 bits per heavy atom. The van der Waals surface area contributed by atoms with Crippen LogP contribution in [0, 0.1) is 0 Å². The number of hydrogen-bond donors (Lipinski definition) is 0. The Hall–Kier alpha value is -2.24. The lowest BCUT2D eigenvalue weighted by molar-refractivity contribution is -0.145. The van der Waals surface area contributed by atoms with Crippen LogP contribution in [0.3, 0.4) is 0 Å². The first-order chi connectivity index (χ1) is 10.7. The van der Waals surface area contributed by atoms with Crippen molar-refractivity contribution >= 4 is 11.9 Å². The summed E-state index contributed by atoms with van der Waals surface area (Å²) in [7, 11) is 1.34. The summed E-state index contributed by atoms with van der Waals surface area (Å²) in [6.07, 6.45) is 2.26. The molecule has 1 fully saturated rings. The minimum Gasteiger partial charge on any atom is -0.490 e. The summed E-state index contributed by atoms with van der Waals surface area (Å²) in [5, 5.41) is 0. The molecule has 1 aromatic rings. The van der Waals surface area contributed by atoms with Crippen molar-refractivity contribution in [3.8, 4) is 11.5 Å². The van der Waals surface area contributed by atoms with Crippen molar-refractivity contribution in [2.45, 2.75) is 25.3 Å². The zero-order valence-corrected chi connectivity index (χ0v) is 12.5. The van der Waals surface area contributed by atoms with Gasteiger partial charge in [0.15, 0.2) is 11.5 Å². The van der Waals surface area contributed by atoms with Gasteiger partial charge in [-0.1, -0.05) is 0 Å². The third-order valence-electron chi connectivity index (χ3n) is 3.98. The predicted molar refractivity (Wildman–Crippen MR) is 78.1 cm³/mol. The first-order valence-electron chi connectivity index (χ1n) is 7.49. The number of carbonyl (C=O) groups excluding carboxylic acids is 2. The van der Waals surface area contributed by atoms with Crippen molar-refractivity contribution in [2.24, 2.45) is 0 Å². The molecule has 0 saturated carbocycles. The number of esters is 1. The number of nitrogens with zero attached hydrogens (tertiary/aromatic N) is 1. The van der Waals surface area contributed by atoms with Gasteiger partial charge in [0.1, 0.15) is 6.04 Å². The van der Waals surface area contributed by atoms with Gasteiger partial charge < -0.3 is 19.1 Å². The fourth-order valence-corrected chi connectivity index (χ4v) is 2.85. The minimum absolute atomic E-state index is 0.177. The van der Waals surface area contributed by atoms with E-state index >= 15 is 0 Å². The van der Waals surface area contributed by atoms with Crippen molar-refractivity contribution in [3.05, 3.63) is 23.8 Å². The molecule has 2 heterocycles. The van der Waals surface area contributed by atoms with E-state index < -0.39 is 6.04 Å². The van der Waals surface area contributed by atoms with E-state index in [2.05, 4.69) is 0 Å². The highest BCUT2D eigenvalue weighted by atomic mass is 16.5. The topological polar surface area (TPSA) is 65.1 Å². The molecule has 1 saturated heterocycles. The first-order valence-corrected chi connectivity index (χ1v) is 7.49. The molecule has 0 spiro atoms. The van der Waals surface area contributed by atoms with E-state index in [4.69, 9.17) is 14.2 Å². The van der Waals surface area contributed by atoms with Crippen LogP contribution in [0.1, 0.15) is 29.6 Å². The van der Waals surface area contributed by atoms with Gasteiger partial charge in [-0.15, -0.1) is 0 Å². The number of likely N-dealkylation sites (tertiary alicyclic amines) is 1. The molecule has 0 N–H and O–H groups in total. The van der Waals surface area contributed by atoms with E-state index in [-0.39, 0.29) is 11.9 Å².